The maximum absolute atomic E-state index is 9.23. The molecule has 0 bridgehead atoms. The van der Waals surface area contributed by atoms with Crippen LogP contribution < -0.4 is 0 Å². The Bertz CT molecular complexity index is 150. The van der Waals surface area contributed by atoms with Crippen molar-refractivity contribution >= 4 is 22.6 Å². The van der Waals surface area contributed by atoms with Crippen LogP contribution in [0.25, 0.3) is 0 Å². The molecule has 72 valence electrons. The lowest BCUT2D eigenvalue weighted by molar-refractivity contribution is -0.201. The second kappa shape index (κ2) is 4.16. The van der Waals surface area contributed by atoms with Crippen LogP contribution in [0.2, 0.25) is 0 Å². The van der Waals surface area contributed by atoms with E-state index in [-0.39, 0.29) is 6.61 Å². The zero-order chi connectivity index (χ0) is 9.30. The second-order valence-corrected chi connectivity index (χ2v) is 3.91. The molecule has 4 N–H and O–H groups in total. The maximum atomic E-state index is 9.23. The van der Waals surface area contributed by atoms with Crippen LogP contribution in [0.5, 0.6) is 0 Å². The highest BCUT2D eigenvalue weighted by atomic mass is 123. The third kappa shape index (κ3) is 1.88. The molecule has 0 radical (unpaired) electrons. The summed E-state index contributed by atoms with van der Waals surface area (Å²) < 4.78 is 4.41. The second-order valence-electron chi connectivity index (χ2n) is 2.68. The first-order valence-electron chi connectivity index (χ1n) is 3.52. The van der Waals surface area contributed by atoms with Gasteiger partial charge in [-0.15, -0.1) is 0 Å². The van der Waals surface area contributed by atoms with Crippen LogP contribution in [0.1, 0.15) is 0 Å². The lowest BCUT2D eigenvalue weighted by Crippen LogP contribution is -2.56. The number of alkyl halides is 1. The van der Waals surface area contributed by atoms with E-state index in [1.807, 2.05) is 0 Å². The van der Waals surface area contributed by atoms with Crippen LogP contribution >= 0.6 is 22.6 Å². The molecule has 0 aromatic heterocycles. The van der Waals surface area contributed by atoms with Crippen molar-refractivity contribution in [2.75, 3.05) is 6.61 Å². The molecule has 1 rings (SSSR count). The Morgan fingerprint density at radius 3 is 2.17 bits per heavy atom. The molecule has 1 fully saturated rings. The monoisotopic (exact) mass is 286 g/mol. The van der Waals surface area contributed by atoms with Crippen LogP contribution in [0, 0.1) is 0 Å². The topological polar surface area (TPSA) is 90.2 Å². The minimum absolute atomic E-state index is 0.371. The molecule has 1 unspecified atom stereocenters. The summed E-state index contributed by atoms with van der Waals surface area (Å²) in [5.41, 5.74) is 0. The van der Waals surface area contributed by atoms with Gasteiger partial charge in [-0.1, -0.05) is 0 Å². The molecule has 0 saturated carbocycles. The largest absolute Gasteiger partial charge is 0.394 e. The molecular weight excluding hydrogens is 275 g/mol. The maximum Gasteiger partial charge on any atom is 0.137 e. The fourth-order valence-corrected chi connectivity index (χ4v) is 1.86. The quantitative estimate of drug-likeness (QED) is 0.338. The fourth-order valence-electron chi connectivity index (χ4n) is 1.06. The van der Waals surface area contributed by atoms with Crippen LogP contribution in [-0.4, -0.2) is 55.6 Å². The molecule has 5 atom stereocenters. The minimum atomic E-state index is -1.25. The Hall–Kier alpha value is 0.530. The van der Waals surface area contributed by atoms with Crippen molar-refractivity contribution in [3.8, 4) is 0 Å². The molecule has 1 aliphatic heterocycles. The first-order valence-corrected chi connectivity index (χ1v) is 4.77. The Morgan fingerprint density at radius 2 is 1.67 bits per heavy atom. The third-order valence-corrected chi connectivity index (χ3v) is 2.86. The molecule has 0 amide bonds. The molecule has 5 nitrogen and oxygen atoms in total. The standard InChI is InChI=1S/C6H11IO5/c7-6-5(11)4(10)3(9)2(1-8)12-6/h2-6,8-11H,1H2/t2-,3-,4+,5+,6?/m1/s1/i7-4. The number of ether oxygens (including phenoxy) is 1. The van der Waals surface area contributed by atoms with Gasteiger partial charge in [0.2, 0.25) is 0 Å². The molecular formula is C6H11IO5. The Labute approximate surface area is 83.1 Å². The highest BCUT2D eigenvalue weighted by molar-refractivity contribution is 14.1. The van der Waals surface area contributed by atoms with Gasteiger partial charge in [-0.3, -0.25) is 0 Å². The van der Waals surface area contributed by atoms with Gasteiger partial charge in [0.1, 0.15) is 28.5 Å². The Balaban J connectivity index is 2.63. The Kier molecular flexibility index (Phi) is 3.68. The van der Waals surface area contributed by atoms with Gasteiger partial charge in [-0.05, 0) is 22.6 Å². The fraction of sp³-hybridized carbons (Fsp3) is 1.00. The first kappa shape index (κ1) is 10.6. The molecule has 0 aromatic rings. The summed E-state index contributed by atoms with van der Waals surface area (Å²) in [6, 6.07) is 0. The molecule has 12 heavy (non-hydrogen) atoms. The number of halogens is 1. The molecule has 1 saturated heterocycles. The number of aliphatic hydroxyl groups excluding tert-OH is 4. The van der Waals surface area contributed by atoms with E-state index in [0.29, 0.717) is 0 Å². The average Bonchev–Trinajstić information content (AvgIpc) is 2.08. The van der Waals surface area contributed by atoms with Crippen molar-refractivity contribution in [2.45, 2.75) is 28.5 Å². The van der Waals surface area contributed by atoms with Crippen molar-refractivity contribution in [1.29, 1.82) is 0 Å². The van der Waals surface area contributed by atoms with Gasteiger partial charge < -0.3 is 25.2 Å². The number of rotatable bonds is 1. The van der Waals surface area contributed by atoms with Gasteiger partial charge in [0.05, 0.1) is 6.61 Å². The van der Waals surface area contributed by atoms with Gasteiger partial charge in [-0.25, -0.2) is 0 Å². The molecule has 0 aliphatic carbocycles. The smallest absolute Gasteiger partial charge is 0.137 e. The molecule has 0 aromatic carbocycles. The molecule has 0 spiro atoms. The highest BCUT2D eigenvalue weighted by Crippen LogP contribution is 2.24. The van der Waals surface area contributed by atoms with E-state index in [0.717, 1.165) is 0 Å². The summed E-state index contributed by atoms with van der Waals surface area (Å²) in [4.78, 5) is 0. The van der Waals surface area contributed by atoms with E-state index in [2.05, 4.69) is 0 Å². The lowest BCUT2D eigenvalue weighted by atomic mass is 10.0. The zero-order valence-corrected chi connectivity index (χ0v) is 8.33. The Morgan fingerprint density at radius 1 is 1.08 bits per heavy atom. The van der Waals surface area contributed by atoms with Crippen molar-refractivity contribution in [3.63, 3.8) is 0 Å². The van der Waals surface area contributed by atoms with E-state index in [1.54, 1.807) is 22.6 Å². The number of hydrogen-bond donors (Lipinski definition) is 4. The van der Waals surface area contributed by atoms with Gasteiger partial charge in [0.15, 0.2) is 0 Å². The summed E-state index contributed by atoms with van der Waals surface area (Å²) in [5.74, 6) is 0. The van der Waals surface area contributed by atoms with E-state index < -0.39 is 28.5 Å². The number of hydrogen-bond acceptors (Lipinski definition) is 5. The summed E-state index contributed by atoms with van der Waals surface area (Å²) in [7, 11) is 0. The molecule has 6 heteroatoms. The van der Waals surface area contributed by atoms with Gasteiger partial charge >= 0.3 is 0 Å². The molecule has 1 aliphatic rings. The van der Waals surface area contributed by atoms with E-state index in [1.165, 1.54) is 0 Å². The van der Waals surface area contributed by atoms with Gasteiger partial charge in [0, 0.05) is 0 Å². The summed E-state index contributed by atoms with van der Waals surface area (Å²) in [5, 5.41) is 36.4. The molecule has 1 heterocycles. The summed E-state index contributed by atoms with van der Waals surface area (Å²) in [6.45, 7) is -0.371. The van der Waals surface area contributed by atoms with Crippen LogP contribution in [-0.2, 0) is 4.74 Å². The van der Waals surface area contributed by atoms with E-state index in [9.17, 15) is 15.3 Å². The lowest BCUT2D eigenvalue weighted by Gasteiger charge is -2.37. The van der Waals surface area contributed by atoms with Crippen molar-refractivity contribution < 1.29 is 25.2 Å². The average molecular weight is 286 g/mol. The normalized spacial score (nSPS) is 49.2. The van der Waals surface area contributed by atoms with Crippen molar-refractivity contribution in [2.24, 2.45) is 0 Å². The first-order chi connectivity index (χ1) is 5.57. The zero-order valence-electron chi connectivity index (χ0n) is 6.17. The summed E-state index contributed by atoms with van der Waals surface area (Å²) >= 11 is 1.79. The predicted molar refractivity (Wildman–Crippen MR) is 47.8 cm³/mol. The SMILES string of the molecule is OC[C@H]1OC([123I])[C@@H](O)[C@@H](O)[C@@H]1O. The van der Waals surface area contributed by atoms with E-state index in [4.69, 9.17) is 9.84 Å². The van der Waals surface area contributed by atoms with Crippen molar-refractivity contribution in [1.82, 2.24) is 0 Å². The van der Waals surface area contributed by atoms with Crippen LogP contribution in [0.15, 0.2) is 0 Å². The van der Waals surface area contributed by atoms with E-state index >= 15 is 0 Å². The van der Waals surface area contributed by atoms with Crippen molar-refractivity contribution in [3.05, 3.63) is 0 Å². The number of aliphatic hydroxyl groups is 4. The van der Waals surface area contributed by atoms with Gasteiger partial charge in [0.25, 0.3) is 0 Å². The van der Waals surface area contributed by atoms with Crippen LogP contribution in [0.3, 0.4) is 0 Å². The predicted octanol–water partition coefficient (Wildman–Crippen LogP) is -1.78. The third-order valence-electron chi connectivity index (χ3n) is 1.83. The minimum Gasteiger partial charge on any atom is -0.394 e. The summed E-state index contributed by atoms with van der Waals surface area (Å²) in [6.07, 6.45) is -4.40. The van der Waals surface area contributed by atoms with Crippen LogP contribution in [0.4, 0.5) is 0 Å². The highest BCUT2D eigenvalue weighted by Gasteiger charge is 2.42. The van der Waals surface area contributed by atoms with Gasteiger partial charge in [-0.2, -0.15) is 0 Å².